The van der Waals surface area contributed by atoms with Gasteiger partial charge in [-0.15, -0.1) is 0 Å². The number of fused-ring (bicyclic) bond motifs is 4. The van der Waals surface area contributed by atoms with Gasteiger partial charge in [-0.2, -0.15) is 9.47 Å². The van der Waals surface area contributed by atoms with Crippen molar-refractivity contribution in [3.8, 4) is 5.69 Å². The third-order valence-corrected chi connectivity index (χ3v) is 6.44. The fraction of sp³-hybridized carbons (Fsp3) is 0.421. The Balaban J connectivity index is 1.39. The summed E-state index contributed by atoms with van der Waals surface area (Å²) in [6, 6.07) is 8.26. The fourth-order valence-electron chi connectivity index (χ4n) is 4.16. The molecule has 1 aromatic carbocycles. The highest BCUT2D eigenvalue weighted by Gasteiger charge is 2.35. The van der Waals surface area contributed by atoms with Gasteiger partial charge in [0.05, 0.1) is 16.1 Å². The lowest BCUT2D eigenvalue weighted by atomic mass is 9.84. The monoisotopic (exact) mass is 367 g/mol. The van der Waals surface area contributed by atoms with Crippen molar-refractivity contribution in [1.82, 2.24) is 24.4 Å². The molecule has 7 heteroatoms. The van der Waals surface area contributed by atoms with Crippen molar-refractivity contribution in [2.45, 2.75) is 25.8 Å². The number of nitrogens with one attached hydrogen (secondary N) is 1. The van der Waals surface area contributed by atoms with E-state index in [1.54, 1.807) is 0 Å². The molecule has 134 valence electrons. The maximum atomic E-state index is 12.8. The minimum atomic E-state index is -0.0438. The molecule has 3 saturated heterocycles. The number of amides is 1. The van der Waals surface area contributed by atoms with E-state index in [1.807, 2.05) is 42.1 Å². The van der Waals surface area contributed by atoms with Gasteiger partial charge in [0, 0.05) is 24.2 Å². The molecule has 0 saturated carbocycles. The first-order chi connectivity index (χ1) is 12.7. The van der Waals surface area contributed by atoms with E-state index in [9.17, 15) is 4.79 Å². The number of hydrogen-bond acceptors (Lipinski definition) is 5. The van der Waals surface area contributed by atoms with Gasteiger partial charge in [0.2, 0.25) is 0 Å². The molecule has 1 atom stereocenters. The normalized spacial score (nSPS) is 24.9. The molecule has 2 aromatic heterocycles. The lowest BCUT2D eigenvalue weighted by molar-refractivity contribution is 0.0619. The Morgan fingerprint density at radius 3 is 2.81 bits per heavy atom. The molecule has 1 amide bonds. The van der Waals surface area contributed by atoms with E-state index in [0.29, 0.717) is 11.6 Å². The summed E-state index contributed by atoms with van der Waals surface area (Å²) in [6.07, 6.45) is 4.32. The van der Waals surface area contributed by atoms with Crippen molar-refractivity contribution in [3.05, 3.63) is 41.9 Å². The molecule has 0 spiro atoms. The highest BCUT2D eigenvalue weighted by molar-refractivity contribution is 7.13. The number of piperidine rings is 3. The summed E-state index contributed by atoms with van der Waals surface area (Å²) in [5, 5.41) is 8.60. The zero-order chi connectivity index (χ0) is 17.7. The summed E-state index contributed by atoms with van der Waals surface area (Å²) < 4.78 is 7.31. The summed E-state index contributed by atoms with van der Waals surface area (Å²) in [4.78, 5) is 15.3. The number of carbonyl (C=O) groups is 1. The quantitative estimate of drug-likeness (QED) is 0.773. The number of nitrogens with zero attached hydrogens (tertiary/aromatic N) is 4. The fourth-order valence-corrected chi connectivity index (χ4v) is 4.96. The molecule has 6 rings (SSSR count). The molecule has 0 unspecified atom stereocenters. The number of aromatic nitrogens is 3. The first-order valence-corrected chi connectivity index (χ1v) is 9.90. The highest BCUT2D eigenvalue weighted by Crippen LogP contribution is 2.29. The zero-order valence-corrected chi connectivity index (χ0v) is 15.5. The van der Waals surface area contributed by atoms with Crippen LogP contribution in [-0.4, -0.2) is 50.6 Å². The topological polar surface area (TPSA) is 63.1 Å². The van der Waals surface area contributed by atoms with E-state index >= 15 is 0 Å². The van der Waals surface area contributed by atoms with Gasteiger partial charge in [-0.05, 0) is 74.6 Å². The van der Waals surface area contributed by atoms with Crippen LogP contribution in [0.5, 0.6) is 0 Å². The Labute approximate surface area is 156 Å². The van der Waals surface area contributed by atoms with Crippen molar-refractivity contribution < 1.29 is 4.79 Å². The highest BCUT2D eigenvalue weighted by atomic mass is 32.1. The molecule has 2 bridgehead atoms. The average molecular weight is 367 g/mol. The number of rotatable bonds is 3. The van der Waals surface area contributed by atoms with Gasteiger partial charge in [-0.3, -0.25) is 4.79 Å². The van der Waals surface area contributed by atoms with Crippen molar-refractivity contribution in [2.24, 2.45) is 5.92 Å². The smallest absolute Gasteiger partial charge is 0.271 e. The molecular weight excluding hydrogens is 346 g/mol. The number of hydrogen-bond donors (Lipinski definition) is 1. The molecule has 3 fully saturated rings. The summed E-state index contributed by atoms with van der Waals surface area (Å²) >= 11 is 1.37. The van der Waals surface area contributed by atoms with Crippen LogP contribution < -0.4 is 5.32 Å². The molecule has 3 aliphatic rings. The maximum Gasteiger partial charge on any atom is 0.271 e. The van der Waals surface area contributed by atoms with E-state index in [0.717, 1.165) is 28.0 Å². The van der Waals surface area contributed by atoms with Crippen LogP contribution in [0.25, 0.3) is 15.8 Å². The second-order valence-electron chi connectivity index (χ2n) is 7.33. The van der Waals surface area contributed by atoms with Crippen LogP contribution in [0.1, 0.15) is 29.0 Å². The van der Waals surface area contributed by atoms with Crippen LogP contribution in [0.3, 0.4) is 0 Å². The van der Waals surface area contributed by atoms with Gasteiger partial charge < -0.3 is 10.2 Å². The lowest BCUT2D eigenvalue weighted by Crippen LogP contribution is -2.57. The minimum Gasteiger partial charge on any atom is -0.346 e. The van der Waals surface area contributed by atoms with Gasteiger partial charge in [-0.25, -0.2) is 4.68 Å². The van der Waals surface area contributed by atoms with Crippen LogP contribution in [0.15, 0.2) is 30.5 Å². The van der Waals surface area contributed by atoms with Gasteiger partial charge in [0.1, 0.15) is 5.69 Å². The summed E-state index contributed by atoms with van der Waals surface area (Å²) in [7, 11) is 0. The zero-order valence-electron chi connectivity index (χ0n) is 14.7. The van der Waals surface area contributed by atoms with E-state index in [4.69, 9.17) is 0 Å². The third-order valence-electron chi connectivity index (χ3n) is 5.63. The molecule has 5 heterocycles. The second-order valence-corrected chi connectivity index (χ2v) is 8.14. The molecule has 3 aromatic rings. The molecular formula is C19H21N5OS. The first-order valence-electron chi connectivity index (χ1n) is 9.13. The number of benzene rings is 1. The Bertz CT molecular complexity index is 969. The van der Waals surface area contributed by atoms with Gasteiger partial charge in [0.15, 0.2) is 0 Å². The van der Waals surface area contributed by atoms with Gasteiger partial charge in [-0.1, -0.05) is 0 Å². The predicted molar refractivity (Wildman–Crippen MR) is 102 cm³/mol. The number of aryl methyl sites for hydroxylation is 1. The molecule has 1 N–H and O–H groups in total. The Hall–Kier alpha value is -2.25. The van der Waals surface area contributed by atoms with Crippen LogP contribution >= 0.6 is 11.5 Å². The summed E-state index contributed by atoms with van der Waals surface area (Å²) in [6.45, 7) is 5.29. The SMILES string of the molecule is Cc1ccn(-c2ccc3c(C(=O)N[C@@H]4CN5CCC4CC5)nsc3c2)n1. The van der Waals surface area contributed by atoms with Crippen molar-refractivity contribution in [1.29, 1.82) is 0 Å². The Morgan fingerprint density at radius 2 is 2.12 bits per heavy atom. The molecule has 0 aliphatic carbocycles. The van der Waals surface area contributed by atoms with Crippen molar-refractivity contribution >= 4 is 27.5 Å². The Morgan fingerprint density at radius 1 is 1.27 bits per heavy atom. The van der Waals surface area contributed by atoms with Crippen LogP contribution in [0, 0.1) is 12.8 Å². The largest absolute Gasteiger partial charge is 0.346 e. The average Bonchev–Trinajstić information content (AvgIpc) is 3.28. The van der Waals surface area contributed by atoms with E-state index in [2.05, 4.69) is 19.7 Å². The van der Waals surface area contributed by atoms with Crippen molar-refractivity contribution in [2.75, 3.05) is 19.6 Å². The molecule has 3 aliphatic heterocycles. The molecule has 0 radical (unpaired) electrons. The van der Waals surface area contributed by atoms with E-state index in [1.165, 1.54) is 37.5 Å². The summed E-state index contributed by atoms with van der Waals surface area (Å²) in [5.74, 6) is 0.571. The van der Waals surface area contributed by atoms with Crippen LogP contribution in [0.4, 0.5) is 0 Å². The minimum absolute atomic E-state index is 0.0438. The maximum absolute atomic E-state index is 12.8. The van der Waals surface area contributed by atoms with E-state index < -0.39 is 0 Å². The number of carbonyl (C=O) groups excluding carboxylic acids is 1. The Kier molecular flexibility index (Phi) is 3.79. The van der Waals surface area contributed by atoms with Gasteiger partial charge >= 0.3 is 0 Å². The first kappa shape index (κ1) is 16.0. The van der Waals surface area contributed by atoms with Crippen LogP contribution in [-0.2, 0) is 0 Å². The second kappa shape index (κ2) is 6.17. The molecule has 6 nitrogen and oxygen atoms in total. The van der Waals surface area contributed by atoms with Crippen LogP contribution in [0.2, 0.25) is 0 Å². The third kappa shape index (κ3) is 2.71. The molecule has 26 heavy (non-hydrogen) atoms. The predicted octanol–water partition coefficient (Wildman–Crippen LogP) is 2.61. The standard InChI is InChI=1S/C19H21N5OS/c1-12-4-9-24(21-12)14-2-3-15-17(10-14)26-22-18(15)19(25)20-16-11-23-7-5-13(16)6-8-23/h2-4,9-10,13,16H,5-8,11H2,1H3,(H,20,25)/t16-/m1/s1. The lowest BCUT2D eigenvalue weighted by Gasteiger charge is -2.44. The van der Waals surface area contributed by atoms with Crippen molar-refractivity contribution in [3.63, 3.8) is 0 Å². The van der Waals surface area contributed by atoms with Gasteiger partial charge in [0.25, 0.3) is 5.91 Å². The van der Waals surface area contributed by atoms with E-state index in [-0.39, 0.29) is 11.9 Å². The summed E-state index contributed by atoms with van der Waals surface area (Å²) in [5.41, 5.74) is 2.51.